The van der Waals surface area contributed by atoms with Gasteiger partial charge in [-0.25, -0.2) is 9.59 Å². The number of carboxylic acid groups (broad SMARTS) is 1. The van der Waals surface area contributed by atoms with Crippen LogP contribution in [0.25, 0.3) is 11.0 Å². The lowest BCUT2D eigenvalue weighted by molar-refractivity contribution is -0.127. The van der Waals surface area contributed by atoms with Crippen LogP contribution in [0.3, 0.4) is 0 Å². The second kappa shape index (κ2) is 11.7. The Balaban J connectivity index is 1.27. The third kappa shape index (κ3) is 5.85. The fourth-order valence-corrected chi connectivity index (χ4v) is 5.42. The maximum Gasteiger partial charge on any atom is 0.338 e. The van der Waals surface area contributed by atoms with E-state index in [0.29, 0.717) is 27.8 Å². The van der Waals surface area contributed by atoms with Gasteiger partial charge in [-0.3, -0.25) is 19.3 Å². The van der Waals surface area contributed by atoms with Gasteiger partial charge in [0.1, 0.15) is 17.9 Å². The van der Waals surface area contributed by atoms with Crippen LogP contribution in [0.1, 0.15) is 37.4 Å². The number of carboxylic acids is 1. The normalized spacial score (nSPS) is 14.9. The minimum atomic E-state index is -1.07. The number of benzene rings is 3. The Kier molecular flexibility index (Phi) is 7.88. The first kappa shape index (κ1) is 27.7. The molecule has 1 aromatic heterocycles. The number of thioether (sulfide) groups is 1. The number of rotatable bonds is 9. The molecular formula is C30H23NO9S. The molecule has 41 heavy (non-hydrogen) atoms. The largest absolute Gasteiger partial charge is 0.489 e. The molecule has 4 aromatic rings. The van der Waals surface area contributed by atoms with Gasteiger partial charge in [0.15, 0.2) is 5.43 Å². The number of imide groups is 1. The zero-order valence-corrected chi connectivity index (χ0v) is 22.5. The number of ether oxygens (including phenoxy) is 2. The van der Waals surface area contributed by atoms with Crippen LogP contribution < -0.4 is 10.2 Å². The van der Waals surface area contributed by atoms with E-state index in [0.717, 1.165) is 16.7 Å². The molecule has 0 saturated carbocycles. The van der Waals surface area contributed by atoms with Gasteiger partial charge < -0.3 is 19.0 Å². The molecular weight excluding hydrogens is 550 g/mol. The average Bonchev–Trinajstić information content (AvgIpc) is 3.24. The quantitative estimate of drug-likeness (QED) is 0.281. The Labute approximate surface area is 237 Å². The van der Waals surface area contributed by atoms with Gasteiger partial charge in [-0.2, -0.15) is 0 Å². The van der Waals surface area contributed by atoms with Crippen LogP contribution in [-0.4, -0.2) is 45.5 Å². The first-order chi connectivity index (χ1) is 19.7. The summed E-state index contributed by atoms with van der Waals surface area (Å²) in [4.78, 5) is 62.9. The molecule has 0 radical (unpaired) electrons. The first-order valence-corrected chi connectivity index (χ1v) is 13.3. The van der Waals surface area contributed by atoms with Crippen molar-refractivity contribution in [3.05, 3.63) is 111 Å². The minimum absolute atomic E-state index is 0.000272. The first-order valence-electron chi connectivity index (χ1n) is 12.4. The summed E-state index contributed by atoms with van der Waals surface area (Å²) in [6.45, 7) is 0.0919. The molecule has 10 nitrogen and oxygen atoms in total. The third-order valence-corrected chi connectivity index (χ3v) is 7.66. The van der Waals surface area contributed by atoms with Gasteiger partial charge in [-0.15, -0.1) is 0 Å². The van der Waals surface area contributed by atoms with E-state index in [1.54, 1.807) is 54.6 Å². The Morgan fingerprint density at radius 2 is 1.76 bits per heavy atom. The molecule has 2 amide bonds. The highest BCUT2D eigenvalue weighted by atomic mass is 32.2. The van der Waals surface area contributed by atoms with E-state index in [9.17, 15) is 24.0 Å². The van der Waals surface area contributed by atoms with Gasteiger partial charge in [-0.1, -0.05) is 42.1 Å². The molecule has 1 N–H and O–H groups in total. The lowest BCUT2D eigenvalue weighted by Gasteiger charge is -2.14. The van der Waals surface area contributed by atoms with E-state index in [1.165, 1.54) is 25.5 Å². The molecule has 0 aliphatic carbocycles. The fourth-order valence-electron chi connectivity index (χ4n) is 4.40. The molecule has 1 atom stereocenters. The van der Waals surface area contributed by atoms with Crippen LogP contribution in [0.4, 0.5) is 4.79 Å². The number of methoxy groups -OCH3 is 1. The maximum absolute atomic E-state index is 13.2. The summed E-state index contributed by atoms with van der Waals surface area (Å²) >= 11 is 0.840. The van der Waals surface area contributed by atoms with E-state index < -0.39 is 28.3 Å². The van der Waals surface area contributed by atoms with E-state index in [4.69, 9.17) is 19.0 Å². The van der Waals surface area contributed by atoms with Crippen LogP contribution in [0.15, 0.2) is 82.2 Å². The van der Waals surface area contributed by atoms with Crippen molar-refractivity contribution in [3.63, 3.8) is 0 Å². The number of hydrogen-bond donors (Lipinski definition) is 1. The molecule has 11 heteroatoms. The topological polar surface area (TPSA) is 140 Å². The Morgan fingerprint density at radius 1 is 1.00 bits per heavy atom. The zero-order valence-electron chi connectivity index (χ0n) is 21.7. The number of hydrogen-bond acceptors (Lipinski definition) is 9. The van der Waals surface area contributed by atoms with E-state index in [2.05, 4.69) is 0 Å². The smallest absolute Gasteiger partial charge is 0.338 e. The molecule has 208 valence electrons. The molecule has 0 bridgehead atoms. The second-order valence-corrected chi connectivity index (χ2v) is 10.3. The second-order valence-electron chi connectivity index (χ2n) is 9.19. The van der Waals surface area contributed by atoms with Gasteiger partial charge in [0.2, 0.25) is 5.91 Å². The van der Waals surface area contributed by atoms with Gasteiger partial charge >= 0.3 is 11.9 Å². The van der Waals surface area contributed by atoms with Crippen molar-refractivity contribution in [2.75, 3.05) is 7.11 Å². The summed E-state index contributed by atoms with van der Waals surface area (Å²) < 4.78 is 16.3. The molecule has 1 aliphatic rings. The summed E-state index contributed by atoms with van der Waals surface area (Å²) in [7, 11) is 1.30. The van der Waals surface area contributed by atoms with Crippen LogP contribution >= 0.6 is 11.8 Å². The number of esters is 1. The molecule has 1 unspecified atom stereocenters. The van der Waals surface area contributed by atoms with Crippen molar-refractivity contribution in [2.45, 2.75) is 24.8 Å². The van der Waals surface area contributed by atoms with Gasteiger partial charge in [0, 0.05) is 23.6 Å². The number of carbonyl (C=O) groups is 4. The number of aromatic carboxylic acids is 1. The van der Waals surface area contributed by atoms with Gasteiger partial charge in [0.05, 0.1) is 41.7 Å². The highest BCUT2D eigenvalue weighted by Crippen LogP contribution is 2.31. The van der Waals surface area contributed by atoms with Crippen LogP contribution in [0.2, 0.25) is 0 Å². The number of carbonyl (C=O) groups excluding carboxylic acids is 3. The average molecular weight is 574 g/mol. The molecule has 1 aliphatic heterocycles. The van der Waals surface area contributed by atoms with Crippen molar-refractivity contribution < 1.29 is 38.2 Å². The van der Waals surface area contributed by atoms with Crippen molar-refractivity contribution in [1.29, 1.82) is 0 Å². The van der Waals surface area contributed by atoms with Crippen LogP contribution in [0.5, 0.6) is 5.75 Å². The lowest BCUT2D eigenvalue weighted by Crippen LogP contribution is -2.32. The van der Waals surface area contributed by atoms with Crippen molar-refractivity contribution in [2.24, 2.45) is 0 Å². The number of nitrogens with zero attached hydrogens (tertiary/aromatic N) is 1. The Hall–Kier alpha value is -4.90. The summed E-state index contributed by atoms with van der Waals surface area (Å²) in [5.74, 6) is -1.55. The van der Waals surface area contributed by atoms with E-state index >= 15 is 0 Å². The van der Waals surface area contributed by atoms with Gasteiger partial charge in [0.25, 0.3) is 5.24 Å². The van der Waals surface area contributed by atoms with E-state index in [1.807, 2.05) is 0 Å². The van der Waals surface area contributed by atoms with Crippen molar-refractivity contribution in [1.82, 2.24) is 4.90 Å². The molecule has 1 fully saturated rings. The molecule has 3 aromatic carbocycles. The number of amides is 2. The summed E-state index contributed by atoms with van der Waals surface area (Å²) in [5, 5.41) is 8.11. The Bertz CT molecular complexity index is 1730. The van der Waals surface area contributed by atoms with Crippen LogP contribution in [-0.2, 0) is 29.1 Å². The monoisotopic (exact) mass is 573 g/mol. The Morgan fingerprint density at radius 3 is 2.49 bits per heavy atom. The predicted octanol–water partition coefficient (Wildman–Crippen LogP) is 4.66. The van der Waals surface area contributed by atoms with Gasteiger partial charge in [-0.05, 0) is 35.9 Å². The molecule has 0 spiro atoms. The highest BCUT2D eigenvalue weighted by molar-refractivity contribution is 8.15. The minimum Gasteiger partial charge on any atom is -0.489 e. The van der Waals surface area contributed by atoms with Crippen LogP contribution in [0, 0.1) is 0 Å². The highest BCUT2D eigenvalue weighted by Gasteiger charge is 2.40. The molecule has 5 rings (SSSR count). The maximum atomic E-state index is 13.2. The molecule has 1 saturated heterocycles. The number of fused-ring (bicyclic) bond motifs is 1. The standard InChI is InChI=1S/C30H23NO9S/c1-38-29(36)22-5-3-2-4-19(22)15-39-21-10-11-23-24(13-21)40-16-20(26(23)32)12-25-27(33)31(30(37)41-25)14-17-6-8-18(9-7-17)28(34)35/h2-11,13,16,25H,12,14-15H2,1H3,(H,34,35). The SMILES string of the molecule is COC(=O)c1ccccc1COc1ccc2c(=O)c(CC3SC(=O)N(Cc4ccc(C(=O)O)cc4)C3=O)coc2c1. The summed E-state index contributed by atoms with van der Waals surface area (Å²) in [6, 6.07) is 17.6. The lowest BCUT2D eigenvalue weighted by atomic mass is 10.1. The summed E-state index contributed by atoms with van der Waals surface area (Å²) in [5.41, 5.74) is 1.95. The third-order valence-electron chi connectivity index (χ3n) is 6.59. The zero-order chi connectivity index (χ0) is 29.1. The van der Waals surface area contributed by atoms with E-state index in [-0.39, 0.29) is 41.7 Å². The fraction of sp³-hybridized carbons (Fsp3) is 0.167. The summed E-state index contributed by atoms with van der Waals surface area (Å²) in [6.07, 6.45) is 1.29. The van der Waals surface area contributed by atoms with Crippen molar-refractivity contribution in [3.8, 4) is 5.75 Å². The predicted molar refractivity (Wildman–Crippen MR) is 149 cm³/mol. The van der Waals surface area contributed by atoms with Crippen molar-refractivity contribution >= 4 is 45.8 Å². The molecule has 2 heterocycles.